The van der Waals surface area contributed by atoms with Gasteiger partial charge in [-0.25, -0.2) is 33.7 Å². The summed E-state index contributed by atoms with van der Waals surface area (Å²) in [7, 11) is -14.6. The Morgan fingerprint density at radius 1 is 0.495 bits per heavy atom. The molecule has 5 aliphatic heterocycles. The molecule has 0 radical (unpaired) electrons. The van der Waals surface area contributed by atoms with Gasteiger partial charge >= 0.3 is 0 Å². The van der Waals surface area contributed by atoms with Gasteiger partial charge in [0.15, 0.2) is 23.1 Å². The van der Waals surface area contributed by atoms with Crippen molar-refractivity contribution in [1.82, 2.24) is 0 Å². The lowest BCUT2D eigenvalue weighted by Crippen LogP contribution is -2.43. The summed E-state index contributed by atoms with van der Waals surface area (Å²) < 4.78 is 117. The molecule has 0 spiro atoms. The van der Waals surface area contributed by atoms with E-state index in [-0.39, 0.29) is 84.8 Å². The number of nitrogens with zero attached hydrogens (tertiary/aromatic N) is 6. The summed E-state index contributed by atoms with van der Waals surface area (Å²) >= 11 is 0. The van der Waals surface area contributed by atoms with Gasteiger partial charge in [-0.05, 0) is 187 Å². The molecule has 0 atom stereocenters. The van der Waals surface area contributed by atoms with Crippen molar-refractivity contribution in [3.05, 3.63) is 196 Å². The van der Waals surface area contributed by atoms with E-state index in [9.17, 15) is 52.8 Å². The Morgan fingerprint density at radius 2 is 0.835 bits per heavy atom. The van der Waals surface area contributed by atoms with Crippen molar-refractivity contribution in [2.24, 2.45) is 29.1 Å². The molecule has 20 nitrogen and oxygen atoms in total. The highest BCUT2D eigenvalue weighted by molar-refractivity contribution is 7.93. The van der Waals surface area contributed by atoms with Crippen LogP contribution in [0, 0.1) is 29.1 Å². The van der Waals surface area contributed by atoms with Crippen molar-refractivity contribution < 1.29 is 62.7 Å². The number of benzene rings is 7. The lowest BCUT2D eigenvalue weighted by molar-refractivity contribution is 0.0270. The van der Waals surface area contributed by atoms with Crippen molar-refractivity contribution in [3.8, 4) is 0 Å². The number of sulfone groups is 1. The van der Waals surface area contributed by atoms with E-state index in [2.05, 4.69) is 37.5 Å². The highest BCUT2D eigenvalue weighted by atomic mass is 32.2. The number of aliphatic hydroxyl groups is 1. The second-order valence-electron chi connectivity index (χ2n) is 31.0. The van der Waals surface area contributed by atoms with Gasteiger partial charge in [0, 0.05) is 131 Å². The van der Waals surface area contributed by atoms with Crippen molar-refractivity contribution in [3.63, 3.8) is 0 Å². The number of aryl methyl sites for hydroxylation is 3. The van der Waals surface area contributed by atoms with Gasteiger partial charge in [0.05, 0.1) is 43.3 Å². The lowest BCUT2D eigenvalue weighted by atomic mass is 9.81. The first-order valence-electron chi connectivity index (χ1n) is 38.4. The van der Waals surface area contributed by atoms with Crippen LogP contribution in [0.5, 0.6) is 0 Å². The van der Waals surface area contributed by atoms with Crippen molar-refractivity contribution in [2.45, 2.75) is 155 Å². The van der Waals surface area contributed by atoms with Crippen molar-refractivity contribution >= 4 is 97.2 Å². The van der Waals surface area contributed by atoms with Gasteiger partial charge in [-0.15, -0.1) is 0 Å². The van der Waals surface area contributed by atoms with E-state index in [0.29, 0.717) is 123 Å². The predicted molar refractivity (Wildman–Crippen MR) is 435 cm³/mol. The number of aliphatic hydroxyl groups excluding tert-OH is 1. The quantitative estimate of drug-likeness (QED) is 0.0494. The summed E-state index contributed by atoms with van der Waals surface area (Å²) in [6, 6.07) is 44.6. The zero-order valence-electron chi connectivity index (χ0n) is 64.8. The molecule has 0 unspecified atom stereocenters. The zero-order chi connectivity index (χ0) is 78.8. The van der Waals surface area contributed by atoms with Crippen molar-refractivity contribution in [2.75, 3.05) is 111 Å². The van der Waals surface area contributed by atoms with Gasteiger partial charge in [-0.2, -0.15) is 0 Å². The summed E-state index contributed by atoms with van der Waals surface area (Å²) in [5.74, 6) is 0.534. The Hall–Kier alpha value is -8.26. The average molecular weight is 1570 g/mol. The maximum absolute atomic E-state index is 13.9. The summed E-state index contributed by atoms with van der Waals surface area (Å²) in [5.41, 5.74) is 10.4. The van der Waals surface area contributed by atoms with Crippen LogP contribution in [0.15, 0.2) is 166 Å². The topological polar surface area (TPSA) is 254 Å². The molecule has 2 saturated heterocycles. The van der Waals surface area contributed by atoms with Crippen LogP contribution in [0.25, 0.3) is 0 Å². The number of ether oxygens (including phenoxy) is 1. The number of sulfonamides is 3. The van der Waals surface area contributed by atoms with Gasteiger partial charge in [0.25, 0.3) is 30.1 Å². The molecule has 7 aromatic rings. The van der Waals surface area contributed by atoms with E-state index in [4.69, 9.17) is 9.84 Å². The second kappa shape index (κ2) is 35.8. The zero-order valence-corrected chi connectivity index (χ0v) is 68.1. The van der Waals surface area contributed by atoms with Gasteiger partial charge < -0.3 is 24.5 Å². The first-order chi connectivity index (χ1) is 51.8. The Labute approximate surface area is 646 Å². The number of ketones is 4. The molecule has 5 heterocycles. The lowest BCUT2D eigenvalue weighted by Gasteiger charge is -2.41. The van der Waals surface area contributed by atoms with Gasteiger partial charge in [0.2, 0.25) is 0 Å². The number of Topliss-reactive ketones (excluding diaryl/α,β-unsaturated/α-hetero) is 4. The van der Waals surface area contributed by atoms with Crippen LogP contribution < -0.4 is 27.6 Å². The number of carbonyl (C=O) groups is 4. The fourth-order valence-corrected chi connectivity index (χ4v) is 21.2. The Balaban J connectivity index is 0.000000174. The van der Waals surface area contributed by atoms with E-state index in [1.54, 1.807) is 48.5 Å². The normalized spacial score (nSPS) is 16.5. The van der Waals surface area contributed by atoms with Crippen LogP contribution in [0.3, 0.4) is 0 Å². The molecular weight excluding hydrogens is 1460 g/mol. The molecule has 12 rings (SSSR count). The Bertz CT molecular complexity index is 4840. The first-order valence-corrected chi connectivity index (χ1v) is 44.5. The van der Waals surface area contributed by atoms with Crippen LogP contribution >= 0.6 is 0 Å². The molecule has 0 aromatic heterocycles. The first kappa shape index (κ1) is 83.2. The summed E-state index contributed by atoms with van der Waals surface area (Å²) in [6.07, 6.45) is 6.85. The van der Waals surface area contributed by atoms with Crippen LogP contribution in [0.4, 0.5) is 34.1 Å². The number of hydrogen-bond acceptors (Lipinski definition) is 17. The summed E-state index contributed by atoms with van der Waals surface area (Å²) in [6.45, 7) is 26.1. The molecule has 109 heavy (non-hydrogen) atoms. The molecule has 7 aromatic carbocycles. The largest absolute Gasteiger partial charge is 0.388 e. The molecule has 2 fully saturated rings. The maximum atomic E-state index is 13.9. The van der Waals surface area contributed by atoms with E-state index in [1.807, 2.05) is 137 Å². The Morgan fingerprint density at radius 3 is 1.19 bits per heavy atom. The van der Waals surface area contributed by atoms with Gasteiger partial charge in [-0.3, -0.25) is 32.1 Å². The SMILES string of the molecule is CCc1ccc(N(CC(C)C)S(=O)(=O)c2ccc3c(c2)C(=O)CCN3CC2(C)CCOCC2)cc1.CCc1ccc(N(CC(C)C)S(=O)(=O)c2ccc3c(c2)C(=O)CCN3CC2CCS(=O)(=O)CC2)cc1.CCc1ccc(N(CC(C)C)S(=O)(=O)c2ccc3c(c2)C(=O)CCN3Cc2ccc(C(=O)CO)cc2)cc1. The minimum Gasteiger partial charge on any atom is -0.388 e. The van der Waals surface area contributed by atoms with Gasteiger partial charge in [-0.1, -0.05) is 130 Å². The molecule has 586 valence electrons. The van der Waals surface area contributed by atoms with E-state index < -0.39 is 46.5 Å². The average Bonchev–Trinajstić information content (AvgIpc) is 0.771. The number of carbonyl (C=O) groups excluding carboxylic acids is 4. The molecule has 0 amide bonds. The maximum Gasteiger partial charge on any atom is 0.264 e. The minimum atomic E-state index is -3.91. The standard InChI is InChI=1S/C30H34N2O5S.C28H38N2O4S.C27H36N2O5S2/c1-4-22-7-11-25(12-8-22)32(18-21(2)3)38(36,37)26-13-14-28-27(17-26)29(34)15-16-31(28)19-23-5-9-24(10-6-23)30(35)20-33;1-5-22-6-8-23(9-7-22)30(19-21(2)3)35(32,33)24-10-11-26-25(18-24)27(31)12-15-29(26)20-28(4)13-16-34-17-14-28;1-4-21-5-7-23(8-6-21)29(18-20(2)3)36(33,34)24-9-10-26-25(17-24)27(30)11-14-28(26)19-22-12-15-35(31,32)16-13-22/h5-14,17,21,33H,4,15-16,18-20H2,1-3H3;6-11,18,21H,5,12-17,19-20H2,1-4H3;5-10,17,20,22H,4,11-16,18-19H2,1-3H3. The molecule has 24 heteroatoms. The highest BCUT2D eigenvalue weighted by Crippen LogP contribution is 2.40. The number of hydrogen-bond donors (Lipinski definition) is 1. The molecule has 0 bridgehead atoms. The number of anilines is 6. The fourth-order valence-electron chi connectivity index (χ4n) is 14.6. The van der Waals surface area contributed by atoms with Crippen LogP contribution in [-0.2, 0) is 70.5 Å². The molecule has 5 aliphatic rings. The molecule has 1 N–H and O–H groups in total. The Kier molecular flexibility index (Phi) is 27.4. The number of fused-ring (bicyclic) bond motifs is 3. The number of rotatable bonds is 26. The third kappa shape index (κ3) is 20.3. The predicted octanol–water partition coefficient (Wildman–Crippen LogP) is 14.5. The van der Waals surface area contributed by atoms with Gasteiger partial charge in [0.1, 0.15) is 16.4 Å². The summed E-state index contributed by atoms with van der Waals surface area (Å²) in [4.78, 5) is 57.2. The second-order valence-corrected chi connectivity index (χ2v) is 38.9. The van der Waals surface area contributed by atoms with Crippen LogP contribution in [0.2, 0.25) is 0 Å². The third-order valence-electron chi connectivity index (χ3n) is 21.1. The van der Waals surface area contributed by atoms with Crippen LogP contribution in [0.1, 0.15) is 178 Å². The molecule has 0 aliphatic carbocycles. The highest BCUT2D eigenvalue weighted by Gasteiger charge is 2.37. The van der Waals surface area contributed by atoms with Crippen molar-refractivity contribution in [1.29, 1.82) is 0 Å². The fraction of sp³-hybridized carbons (Fsp3) is 0.459. The smallest absolute Gasteiger partial charge is 0.264 e. The van der Waals surface area contributed by atoms with E-state index in [0.717, 1.165) is 85.5 Å². The molecular formula is C85H108N6O14S4. The third-order valence-corrected chi connectivity index (χ3v) is 28.2. The molecule has 0 saturated carbocycles. The van der Waals surface area contributed by atoms with E-state index >= 15 is 0 Å². The summed E-state index contributed by atoms with van der Waals surface area (Å²) in [5, 5.41) is 9.06. The monoisotopic (exact) mass is 1560 g/mol. The van der Waals surface area contributed by atoms with Crippen LogP contribution in [-0.4, -0.2) is 146 Å². The van der Waals surface area contributed by atoms with E-state index in [1.165, 1.54) is 25.0 Å². The minimum absolute atomic E-state index is 0.00754.